The summed E-state index contributed by atoms with van der Waals surface area (Å²) >= 11 is 2.66. The molecule has 3 aromatic heterocycles. The van der Waals surface area contributed by atoms with Gasteiger partial charge in [-0.3, -0.25) is 14.9 Å². The Morgan fingerprint density at radius 1 is 1.18 bits per heavy atom. The van der Waals surface area contributed by atoms with Crippen molar-refractivity contribution in [2.75, 3.05) is 5.32 Å². The first kappa shape index (κ1) is 18.4. The summed E-state index contributed by atoms with van der Waals surface area (Å²) in [6.07, 6.45) is 0.135. The summed E-state index contributed by atoms with van der Waals surface area (Å²) in [5, 5.41) is 10.8. The molecule has 0 aliphatic carbocycles. The third kappa shape index (κ3) is 4.13. The van der Waals surface area contributed by atoms with E-state index >= 15 is 0 Å². The van der Waals surface area contributed by atoms with Gasteiger partial charge < -0.3 is 9.73 Å². The Labute approximate surface area is 169 Å². The number of furan rings is 1. The van der Waals surface area contributed by atoms with Gasteiger partial charge in [0, 0.05) is 10.8 Å². The molecule has 0 aliphatic heterocycles. The molecule has 1 atom stereocenters. The number of carbonyl (C=O) groups is 2. The van der Waals surface area contributed by atoms with Crippen LogP contribution in [0.3, 0.4) is 0 Å². The molecule has 6 nitrogen and oxygen atoms in total. The van der Waals surface area contributed by atoms with Crippen LogP contribution in [0.25, 0.3) is 11.0 Å². The minimum Gasteiger partial charge on any atom is -0.459 e. The molecular weight excluding hydrogens is 394 g/mol. The summed E-state index contributed by atoms with van der Waals surface area (Å²) < 4.78 is 5.79. The number of hydrogen-bond acceptors (Lipinski definition) is 6. The first-order valence-electron chi connectivity index (χ1n) is 8.65. The molecule has 2 amide bonds. The monoisotopic (exact) mass is 411 g/mol. The number of rotatable bonds is 6. The minimum atomic E-state index is -0.253. The number of thiophene rings is 1. The van der Waals surface area contributed by atoms with Crippen molar-refractivity contribution in [1.82, 2.24) is 10.3 Å². The normalized spacial score (nSPS) is 12.0. The van der Waals surface area contributed by atoms with Crippen molar-refractivity contribution in [1.29, 1.82) is 0 Å². The van der Waals surface area contributed by atoms with Gasteiger partial charge in [0.2, 0.25) is 5.91 Å². The molecule has 1 unspecified atom stereocenters. The second-order valence-electron chi connectivity index (χ2n) is 6.23. The number of carbonyl (C=O) groups excluding carboxylic acids is 2. The molecule has 0 aliphatic rings. The molecule has 4 aromatic rings. The predicted molar refractivity (Wildman–Crippen MR) is 111 cm³/mol. The number of hydrogen-bond donors (Lipinski definition) is 2. The highest BCUT2D eigenvalue weighted by Crippen LogP contribution is 2.24. The lowest BCUT2D eigenvalue weighted by molar-refractivity contribution is -0.121. The number of benzene rings is 1. The van der Waals surface area contributed by atoms with Crippen LogP contribution in [0.1, 0.15) is 34.1 Å². The lowest BCUT2D eigenvalue weighted by Crippen LogP contribution is -2.28. The van der Waals surface area contributed by atoms with Crippen LogP contribution < -0.4 is 10.6 Å². The number of para-hydroxylation sites is 1. The summed E-state index contributed by atoms with van der Waals surface area (Å²) in [6, 6.07) is 13.0. The minimum absolute atomic E-state index is 0.135. The van der Waals surface area contributed by atoms with Crippen molar-refractivity contribution < 1.29 is 14.0 Å². The summed E-state index contributed by atoms with van der Waals surface area (Å²) in [5.41, 5.74) is 1.41. The summed E-state index contributed by atoms with van der Waals surface area (Å²) in [6.45, 7) is 1.88. The predicted octanol–water partition coefficient (Wildman–Crippen LogP) is 4.62. The quantitative estimate of drug-likeness (QED) is 0.485. The van der Waals surface area contributed by atoms with E-state index in [1.54, 1.807) is 11.4 Å². The van der Waals surface area contributed by atoms with Crippen molar-refractivity contribution in [3.05, 3.63) is 69.6 Å². The molecule has 1 aromatic carbocycles. The van der Waals surface area contributed by atoms with Gasteiger partial charge in [0.1, 0.15) is 11.3 Å². The van der Waals surface area contributed by atoms with Crippen LogP contribution >= 0.6 is 22.7 Å². The lowest BCUT2D eigenvalue weighted by atomic mass is 10.2. The van der Waals surface area contributed by atoms with Gasteiger partial charge >= 0.3 is 0 Å². The van der Waals surface area contributed by atoms with Crippen molar-refractivity contribution in [3.63, 3.8) is 0 Å². The van der Waals surface area contributed by atoms with Gasteiger partial charge in [0.25, 0.3) is 5.91 Å². The van der Waals surface area contributed by atoms with Gasteiger partial charge in [0.05, 0.1) is 23.0 Å². The maximum Gasteiger partial charge on any atom is 0.267 e. The van der Waals surface area contributed by atoms with Crippen molar-refractivity contribution in [2.24, 2.45) is 0 Å². The Hall–Kier alpha value is -2.97. The van der Waals surface area contributed by atoms with E-state index in [-0.39, 0.29) is 24.3 Å². The van der Waals surface area contributed by atoms with Crippen molar-refractivity contribution in [2.45, 2.75) is 19.4 Å². The number of nitrogens with one attached hydrogen (secondary N) is 2. The second kappa shape index (κ2) is 7.95. The van der Waals surface area contributed by atoms with Crippen LogP contribution in [-0.2, 0) is 11.2 Å². The van der Waals surface area contributed by atoms with E-state index in [2.05, 4.69) is 15.6 Å². The summed E-state index contributed by atoms with van der Waals surface area (Å²) in [5.74, 6) is 0.352. The Bertz CT molecular complexity index is 1080. The van der Waals surface area contributed by atoms with E-state index in [0.29, 0.717) is 21.5 Å². The molecular formula is C20H17N3O3S2. The molecule has 0 bridgehead atoms. The fourth-order valence-corrected chi connectivity index (χ4v) is 4.08. The fourth-order valence-electron chi connectivity index (χ4n) is 2.76. The standard InChI is InChI=1S/C20H17N3O3S2/c1-12(16-9-13-5-2-3-6-15(13)26-16)21-18(24)10-14-11-28-20(22-14)23-19(25)17-7-4-8-27-17/h2-9,11-12H,10H2,1H3,(H,21,24)(H,22,23,25). The van der Waals surface area contributed by atoms with Crippen LogP contribution in [0.2, 0.25) is 0 Å². The van der Waals surface area contributed by atoms with Gasteiger partial charge in [-0.05, 0) is 30.5 Å². The molecule has 4 rings (SSSR count). The van der Waals surface area contributed by atoms with E-state index < -0.39 is 0 Å². The van der Waals surface area contributed by atoms with Gasteiger partial charge in [-0.2, -0.15) is 0 Å². The topological polar surface area (TPSA) is 84.2 Å². The zero-order chi connectivity index (χ0) is 19.5. The highest BCUT2D eigenvalue weighted by atomic mass is 32.1. The lowest BCUT2D eigenvalue weighted by Gasteiger charge is -2.10. The Morgan fingerprint density at radius 3 is 2.82 bits per heavy atom. The average Bonchev–Trinajstić information content (AvgIpc) is 3.42. The Kier molecular flexibility index (Phi) is 5.23. The molecule has 0 saturated carbocycles. The highest BCUT2D eigenvalue weighted by Gasteiger charge is 2.16. The Morgan fingerprint density at radius 2 is 2.04 bits per heavy atom. The van der Waals surface area contributed by atoms with Crippen LogP contribution in [0.5, 0.6) is 0 Å². The largest absolute Gasteiger partial charge is 0.459 e. The van der Waals surface area contributed by atoms with Crippen molar-refractivity contribution in [3.8, 4) is 0 Å². The van der Waals surface area contributed by atoms with E-state index in [4.69, 9.17) is 4.42 Å². The molecule has 0 fully saturated rings. The molecule has 3 heterocycles. The molecule has 2 N–H and O–H groups in total. The first-order valence-corrected chi connectivity index (χ1v) is 10.4. The number of fused-ring (bicyclic) bond motifs is 1. The summed E-state index contributed by atoms with van der Waals surface area (Å²) in [4.78, 5) is 29.4. The SMILES string of the molecule is CC(NC(=O)Cc1csc(NC(=O)c2cccs2)n1)c1cc2ccccc2o1. The van der Waals surface area contributed by atoms with Crippen LogP contribution in [0.4, 0.5) is 5.13 Å². The number of nitrogens with zero attached hydrogens (tertiary/aromatic N) is 1. The summed E-state index contributed by atoms with van der Waals surface area (Å²) in [7, 11) is 0. The van der Waals surface area contributed by atoms with Crippen molar-refractivity contribution >= 4 is 50.6 Å². The third-order valence-electron chi connectivity index (χ3n) is 4.11. The van der Waals surface area contributed by atoms with E-state index in [1.807, 2.05) is 48.7 Å². The van der Waals surface area contributed by atoms with Gasteiger partial charge in [-0.25, -0.2) is 4.98 Å². The highest BCUT2D eigenvalue weighted by molar-refractivity contribution is 7.14. The zero-order valence-corrected chi connectivity index (χ0v) is 16.6. The average molecular weight is 412 g/mol. The maximum atomic E-state index is 12.4. The Balaban J connectivity index is 1.34. The molecule has 0 saturated heterocycles. The molecule has 28 heavy (non-hydrogen) atoms. The number of aromatic nitrogens is 1. The smallest absolute Gasteiger partial charge is 0.267 e. The van der Waals surface area contributed by atoms with E-state index in [0.717, 1.165) is 11.0 Å². The van der Waals surface area contributed by atoms with Crippen LogP contribution in [0, 0.1) is 0 Å². The van der Waals surface area contributed by atoms with Gasteiger partial charge in [-0.15, -0.1) is 22.7 Å². The second-order valence-corrected chi connectivity index (χ2v) is 8.03. The van der Waals surface area contributed by atoms with E-state index in [1.165, 1.54) is 22.7 Å². The van der Waals surface area contributed by atoms with Crippen LogP contribution in [0.15, 0.2) is 57.6 Å². The number of amides is 2. The number of anilines is 1. The number of thiazole rings is 1. The zero-order valence-electron chi connectivity index (χ0n) is 15.0. The molecule has 8 heteroatoms. The molecule has 0 spiro atoms. The first-order chi connectivity index (χ1) is 13.6. The third-order valence-corrected chi connectivity index (χ3v) is 5.78. The molecule has 142 valence electrons. The maximum absolute atomic E-state index is 12.4. The fraction of sp³-hybridized carbons (Fsp3) is 0.150. The van der Waals surface area contributed by atoms with E-state index in [9.17, 15) is 9.59 Å². The van der Waals surface area contributed by atoms with Gasteiger partial charge in [-0.1, -0.05) is 24.3 Å². The van der Waals surface area contributed by atoms with Crippen LogP contribution in [-0.4, -0.2) is 16.8 Å². The van der Waals surface area contributed by atoms with Gasteiger partial charge in [0.15, 0.2) is 5.13 Å². The molecule has 0 radical (unpaired) electrons.